The lowest BCUT2D eigenvalue weighted by molar-refractivity contribution is -0.119. The van der Waals surface area contributed by atoms with Crippen molar-refractivity contribution in [3.63, 3.8) is 0 Å². The predicted molar refractivity (Wildman–Crippen MR) is 167 cm³/mol. The number of aromatic hydroxyl groups is 1. The third-order valence-corrected chi connectivity index (χ3v) is 10.2. The summed E-state index contributed by atoms with van der Waals surface area (Å²) < 4.78 is 99.4. The van der Waals surface area contributed by atoms with Crippen molar-refractivity contribution in [2.75, 3.05) is 11.4 Å². The summed E-state index contributed by atoms with van der Waals surface area (Å²) in [7, 11) is -5.63. The van der Waals surface area contributed by atoms with Gasteiger partial charge in [0.2, 0.25) is 21.7 Å². The molecule has 1 heterocycles. The molecule has 5 rings (SSSR count). The Labute approximate surface area is 278 Å². The molecule has 9 nitrogen and oxygen atoms in total. The molecule has 15 heteroatoms. The van der Waals surface area contributed by atoms with Gasteiger partial charge in [-0.15, -0.1) is 0 Å². The van der Waals surface area contributed by atoms with Gasteiger partial charge in [0.25, 0.3) is 0 Å². The quantitative estimate of drug-likeness (QED) is 0.102. The number of benzene rings is 3. The number of anilines is 1. The largest absolute Gasteiger partial charge is 0.507 e. The molecule has 0 unspecified atom stereocenters. The van der Waals surface area contributed by atoms with E-state index in [-0.39, 0.29) is 22.2 Å². The van der Waals surface area contributed by atoms with E-state index in [1.165, 1.54) is 30.5 Å². The summed E-state index contributed by atoms with van der Waals surface area (Å²) in [6.45, 7) is -2.25. The highest BCUT2D eigenvalue weighted by molar-refractivity contribution is 7.89. The van der Waals surface area contributed by atoms with Crippen molar-refractivity contribution in [2.24, 2.45) is 0 Å². The van der Waals surface area contributed by atoms with E-state index in [1.54, 1.807) is 12.1 Å². The topological polar surface area (TPSA) is 128 Å². The van der Waals surface area contributed by atoms with Crippen molar-refractivity contribution in [2.45, 2.75) is 56.0 Å². The van der Waals surface area contributed by atoms with Gasteiger partial charge >= 0.3 is 5.97 Å². The highest BCUT2D eigenvalue weighted by atomic mass is 32.2. The third-order valence-electron chi connectivity index (χ3n) is 8.36. The van der Waals surface area contributed by atoms with Gasteiger partial charge in [0, 0.05) is 18.0 Å². The second-order valence-corrected chi connectivity index (χ2v) is 13.4. The Hall–Kier alpha value is -4.89. The zero-order chi connectivity index (χ0) is 35.5. The number of phenols is 1. The van der Waals surface area contributed by atoms with Gasteiger partial charge in [-0.2, -0.15) is 4.31 Å². The average molecular weight is 704 g/mol. The minimum atomic E-state index is -5.63. The van der Waals surface area contributed by atoms with Crippen molar-refractivity contribution in [1.82, 2.24) is 9.29 Å². The Morgan fingerprint density at radius 1 is 0.816 bits per heavy atom. The highest BCUT2D eigenvalue weighted by Crippen LogP contribution is 2.34. The first kappa shape index (κ1) is 35.4. The van der Waals surface area contributed by atoms with E-state index >= 15 is 0 Å². The molecule has 0 radical (unpaired) electrons. The van der Waals surface area contributed by atoms with Gasteiger partial charge < -0.3 is 15.1 Å². The van der Waals surface area contributed by atoms with Crippen LogP contribution < -0.4 is 4.90 Å². The molecule has 0 saturated heterocycles. The number of sulfonamides is 1. The summed E-state index contributed by atoms with van der Waals surface area (Å²) in [6.07, 6.45) is 6.69. The molecule has 258 valence electrons. The number of hydrogen-bond acceptors (Lipinski definition) is 6. The summed E-state index contributed by atoms with van der Waals surface area (Å²) in [4.78, 5) is 28.4. The maximum Gasteiger partial charge on any atom is 0.339 e. The molecule has 0 aliphatic heterocycles. The molecule has 1 amide bonds. The zero-order valence-corrected chi connectivity index (χ0v) is 26.6. The number of carbonyl (C=O) groups excluding carboxylic acids is 1. The van der Waals surface area contributed by atoms with E-state index < -0.39 is 80.3 Å². The highest BCUT2D eigenvalue weighted by Gasteiger charge is 2.39. The fourth-order valence-corrected chi connectivity index (χ4v) is 7.25. The van der Waals surface area contributed by atoms with Gasteiger partial charge in [0.05, 0.1) is 25.3 Å². The Morgan fingerprint density at radius 3 is 2.02 bits per heavy atom. The normalized spacial score (nSPS) is 13.8. The van der Waals surface area contributed by atoms with Gasteiger partial charge in [-0.05, 0) is 54.2 Å². The number of carboxylic acid groups (broad SMARTS) is 1. The second-order valence-electron chi connectivity index (χ2n) is 11.6. The molecule has 1 aliphatic rings. The van der Waals surface area contributed by atoms with E-state index in [0.717, 1.165) is 54.7 Å². The molecule has 0 bridgehead atoms. The Morgan fingerprint density at radius 2 is 1.45 bits per heavy atom. The maximum absolute atomic E-state index is 14.8. The Bertz CT molecular complexity index is 1950. The fourth-order valence-electron chi connectivity index (χ4n) is 5.78. The van der Waals surface area contributed by atoms with Crippen LogP contribution in [0, 0.1) is 29.1 Å². The molecular weight excluding hydrogens is 673 g/mol. The van der Waals surface area contributed by atoms with Crippen molar-refractivity contribution in [1.29, 1.82) is 0 Å². The standard InChI is InChI=1S/C34H30F5N3O6S/c35-28-29(36)31(38)33(32(39)30(28)37)49(47,48)41(18-23-8-4-5-15-40-23)19-27(44)42(24-13-14-25(34(45)46)26(43)16-24)17-20-9-11-22(12-10-20)21-6-2-1-3-7-21/h4-5,8-16,21,43H,1-3,6-7,17-19H2,(H,45,46). The summed E-state index contributed by atoms with van der Waals surface area (Å²) >= 11 is 0. The van der Waals surface area contributed by atoms with E-state index in [9.17, 15) is 50.2 Å². The Kier molecular flexibility index (Phi) is 10.6. The fraction of sp³-hybridized carbons (Fsp3) is 0.265. The number of halogens is 5. The minimum absolute atomic E-state index is 0.0314. The molecule has 4 aromatic rings. The predicted octanol–water partition coefficient (Wildman–Crippen LogP) is 6.65. The van der Waals surface area contributed by atoms with E-state index in [1.807, 2.05) is 12.1 Å². The summed E-state index contributed by atoms with van der Waals surface area (Å²) in [6, 6.07) is 14.8. The number of pyridine rings is 1. The van der Waals surface area contributed by atoms with Crippen molar-refractivity contribution in [3.05, 3.63) is 118 Å². The Balaban J connectivity index is 1.55. The van der Waals surface area contributed by atoms with E-state index in [4.69, 9.17) is 0 Å². The summed E-state index contributed by atoms with van der Waals surface area (Å²) in [5.41, 5.74) is 1.05. The molecule has 2 N–H and O–H groups in total. The first-order valence-electron chi connectivity index (χ1n) is 15.2. The van der Waals surface area contributed by atoms with Gasteiger partial charge in [-0.1, -0.05) is 49.6 Å². The van der Waals surface area contributed by atoms with Crippen molar-refractivity contribution in [3.8, 4) is 5.75 Å². The minimum Gasteiger partial charge on any atom is -0.507 e. The lowest BCUT2D eigenvalue weighted by Gasteiger charge is -2.28. The third kappa shape index (κ3) is 7.57. The number of nitrogens with zero attached hydrogens (tertiary/aromatic N) is 3. The zero-order valence-electron chi connectivity index (χ0n) is 25.8. The van der Waals surface area contributed by atoms with Crippen LogP contribution in [0.15, 0.2) is 71.8 Å². The van der Waals surface area contributed by atoms with Crippen LogP contribution in [-0.4, -0.2) is 46.3 Å². The molecule has 0 spiro atoms. The molecule has 1 fully saturated rings. The SMILES string of the molecule is O=C(O)c1ccc(N(Cc2ccc(C3CCCCC3)cc2)C(=O)CN(Cc2ccccn2)S(=O)(=O)c2c(F)c(F)c(F)c(F)c2F)cc1O. The van der Waals surface area contributed by atoms with Crippen LogP contribution >= 0.6 is 0 Å². The van der Waals surface area contributed by atoms with Gasteiger partial charge in [-0.3, -0.25) is 9.78 Å². The van der Waals surface area contributed by atoms with Crippen LogP contribution in [0.4, 0.5) is 27.6 Å². The van der Waals surface area contributed by atoms with Crippen LogP contribution in [0.5, 0.6) is 5.75 Å². The molecule has 1 aliphatic carbocycles. The molecular formula is C34H30F5N3O6S. The lowest BCUT2D eigenvalue weighted by Crippen LogP contribution is -2.43. The smallest absolute Gasteiger partial charge is 0.339 e. The maximum atomic E-state index is 14.8. The lowest BCUT2D eigenvalue weighted by atomic mass is 9.84. The molecule has 1 aromatic heterocycles. The number of amides is 1. The van der Waals surface area contributed by atoms with E-state index in [0.29, 0.717) is 11.5 Å². The first-order valence-corrected chi connectivity index (χ1v) is 16.6. The molecule has 49 heavy (non-hydrogen) atoms. The van der Waals surface area contributed by atoms with Gasteiger partial charge in [0.15, 0.2) is 28.2 Å². The molecule has 1 saturated carbocycles. The van der Waals surface area contributed by atoms with Crippen LogP contribution in [0.1, 0.15) is 65.2 Å². The van der Waals surface area contributed by atoms with Crippen molar-refractivity contribution < 1.29 is 50.2 Å². The number of aromatic carboxylic acids is 1. The monoisotopic (exact) mass is 703 g/mol. The summed E-state index contributed by atoms with van der Waals surface area (Å²) in [5.74, 6) is -15.6. The number of carbonyl (C=O) groups is 2. The van der Waals surface area contributed by atoms with Gasteiger partial charge in [0.1, 0.15) is 11.3 Å². The number of carboxylic acids is 1. The van der Waals surface area contributed by atoms with Gasteiger partial charge in [-0.25, -0.2) is 35.2 Å². The summed E-state index contributed by atoms with van der Waals surface area (Å²) in [5, 5.41) is 19.8. The number of aromatic nitrogens is 1. The first-order chi connectivity index (χ1) is 23.3. The van der Waals surface area contributed by atoms with E-state index in [2.05, 4.69) is 4.98 Å². The molecule has 0 atom stereocenters. The average Bonchev–Trinajstić information content (AvgIpc) is 3.09. The number of hydrogen-bond donors (Lipinski definition) is 2. The number of rotatable bonds is 11. The second kappa shape index (κ2) is 14.7. The van der Waals surface area contributed by atoms with Crippen LogP contribution in [0.2, 0.25) is 0 Å². The van der Waals surface area contributed by atoms with Crippen LogP contribution in [-0.2, 0) is 27.9 Å². The van der Waals surface area contributed by atoms with Crippen LogP contribution in [0.3, 0.4) is 0 Å². The molecule has 3 aromatic carbocycles. The van der Waals surface area contributed by atoms with Crippen molar-refractivity contribution >= 4 is 27.6 Å². The van der Waals surface area contributed by atoms with Crippen LogP contribution in [0.25, 0.3) is 0 Å².